The molecule has 4 aromatic rings. The second-order valence-electron chi connectivity index (χ2n) is 6.65. The maximum Gasteiger partial charge on any atom is 0.272 e. The predicted molar refractivity (Wildman–Crippen MR) is 107 cm³/mol. The Balaban J connectivity index is 1.44. The lowest BCUT2D eigenvalue weighted by molar-refractivity contribution is 0.0947. The molecule has 2 heterocycles. The van der Waals surface area contributed by atoms with Gasteiger partial charge in [0.2, 0.25) is 5.88 Å². The van der Waals surface area contributed by atoms with E-state index in [1.54, 1.807) is 6.20 Å². The van der Waals surface area contributed by atoms with Crippen LogP contribution in [0.5, 0.6) is 11.6 Å². The Bertz CT molecular complexity index is 1150. The lowest BCUT2D eigenvalue weighted by Gasteiger charge is -2.09. The number of carbonyl (C=O) groups is 1. The Hall–Kier alpha value is -3.67. The maximum absolute atomic E-state index is 12.5. The minimum atomic E-state index is -0.231. The Morgan fingerprint density at radius 3 is 2.79 bits per heavy atom. The molecule has 0 spiro atoms. The molecular weight excluding hydrogens is 352 g/mol. The van der Waals surface area contributed by atoms with Gasteiger partial charge in [0.15, 0.2) is 5.69 Å². The molecule has 4 rings (SSSR count). The first-order valence-corrected chi connectivity index (χ1v) is 9.01. The summed E-state index contributed by atoms with van der Waals surface area (Å²) < 4.78 is 5.85. The zero-order valence-corrected chi connectivity index (χ0v) is 15.7. The quantitative estimate of drug-likeness (QED) is 0.547. The van der Waals surface area contributed by atoms with E-state index in [-0.39, 0.29) is 5.91 Å². The molecule has 2 aromatic carbocycles. The minimum absolute atomic E-state index is 0.231. The number of aromatic nitrogens is 3. The largest absolute Gasteiger partial charge is 0.439 e. The molecule has 28 heavy (non-hydrogen) atoms. The number of aryl methyl sites for hydroxylation is 2. The molecule has 0 unspecified atom stereocenters. The Morgan fingerprint density at radius 1 is 1.07 bits per heavy atom. The van der Waals surface area contributed by atoms with Gasteiger partial charge in [-0.05, 0) is 54.8 Å². The van der Waals surface area contributed by atoms with Crippen molar-refractivity contribution < 1.29 is 9.53 Å². The van der Waals surface area contributed by atoms with Crippen molar-refractivity contribution in [3.05, 3.63) is 83.2 Å². The summed E-state index contributed by atoms with van der Waals surface area (Å²) in [6.45, 7) is 4.45. The van der Waals surface area contributed by atoms with Crippen molar-refractivity contribution in [3.8, 4) is 11.6 Å². The van der Waals surface area contributed by atoms with E-state index in [4.69, 9.17) is 4.74 Å². The Kier molecular flexibility index (Phi) is 4.76. The zero-order chi connectivity index (χ0) is 19.5. The van der Waals surface area contributed by atoms with Crippen LogP contribution >= 0.6 is 0 Å². The van der Waals surface area contributed by atoms with Gasteiger partial charge in [0.25, 0.3) is 5.91 Å². The van der Waals surface area contributed by atoms with Crippen molar-refractivity contribution in [2.75, 3.05) is 0 Å². The maximum atomic E-state index is 12.5. The number of benzene rings is 2. The van der Waals surface area contributed by atoms with Crippen molar-refractivity contribution in [1.29, 1.82) is 0 Å². The minimum Gasteiger partial charge on any atom is -0.439 e. The molecule has 0 saturated heterocycles. The second kappa shape index (κ2) is 7.52. The number of carbonyl (C=O) groups excluding carboxylic acids is 1. The smallest absolute Gasteiger partial charge is 0.272 e. The highest BCUT2D eigenvalue weighted by Gasteiger charge is 2.13. The molecule has 2 aromatic heterocycles. The SMILES string of the molecule is Cc1ccc(Oc2cc(CNC(=O)c3n[nH]c4ccccc34)ccn2)cc1C. The third-order valence-corrected chi connectivity index (χ3v) is 4.64. The summed E-state index contributed by atoms with van der Waals surface area (Å²) in [4.78, 5) is 16.8. The summed E-state index contributed by atoms with van der Waals surface area (Å²) in [5, 5.41) is 10.7. The van der Waals surface area contributed by atoms with E-state index in [9.17, 15) is 4.79 Å². The fourth-order valence-corrected chi connectivity index (χ4v) is 2.92. The van der Waals surface area contributed by atoms with Crippen molar-refractivity contribution in [2.45, 2.75) is 20.4 Å². The van der Waals surface area contributed by atoms with Crippen molar-refractivity contribution in [1.82, 2.24) is 20.5 Å². The van der Waals surface area contributed by atoms with Crippen LogP contribution in [0, 0.1) is 13.8 Å². The fourth-order valence-electron chi connectivity index (χ4n) is 2.92. The first kappa shape index (κ1) is 17.7. The van der Waals surface area contributed by atoms with Crippen LogP contribution in [0.3, 0.4) is 0 Å². The summed E-state index contributed by atoms with van der Waals surface area (Å²) >= 11 is 0. The van der Waals surface area contributed by atoms with E-state index < -0.39 is 0 Å². The average Bonchev–Trinajstić information content (AvgIpc) is 3.14. The van der Waals surface area contributed by atoms with Crippen LogP contribution in [0.15, 0.2) is 60.8 Å². The number of H-pyrrole nitrogens is 1. The van der Waals surface area contributed by atoms with Crippen LogP contribution in [0.4, 0.5) is 0 Å². The molecule has 0 aliphatic heterocycles. The van der Waals surface area contributed by atoms with Crippen LogP contribution in [0.25, 0.3) is 10.9 Å². The van der Waals surface area contributed by atoms with E-state index in [1.165, 1.54) is 5.56 Å². The summed E-state index contributed by atoms with van der Waals surface area (Å²) in [6, 6.07) is 17.1. The van der Waals surface area contributed by atoms with Gasteiger partial charge in [-0.1, -0.05) is 24.3 Å². The predicted octanol–water partition coefficient (Wildman–Crippen LogP) is 4.30. The highest BCUT2D eigenvalue weighted by atomic mass is 16.5. The number of hydrogen-bond donors (Lipinski definition) is 2. The molecule has 0 fully saturated rings. The second-order valence-corrected chi connectivity index (χ2v) is 6.65. The molecule has 2 N–H and O–H groups in total. The molecule has 0 radical (unpaired) electrons. The number of pyridine rings is 1. The molecule has 6 nitrogen and oxygen atoms in total. The van der Waals surface area contributed by atoms with E-state index in [1.807, 2.05) is 61.5 Å². The van der Waals surface area contributed by atoms with Gasteiger partial charge in [0.1, 0.15) is 5.75 Å². The summed E-state index contributed by atoms with van der Waals surface area (Å²) in [7, 11) is 0. The third kappa shape index (κ3) is 3.71. The van der Waals surface area contributed by atoms with Crippen molar-refractivity contribution in [2.24, 2.45) is 0 Å². The number of rotatable bonds is 5. The van der Waals surface area contributed by atoms with E-state index >= 15 is 0 Å². The number of fused-ring (bicyclic) bond motifs is 1. The van der Waals surface area contributed by atoms with Gasteiger partial charge in [0, 0.05) is 24.2 Å². The molecular formula is C22H20N4O2. The molecule has 140 valence electrons. The lowest BCUT2D eigenvalue weighted by atomic mass is 10.1. The standard InChI is InChI=1S/C22H20N4O2/c1-14-7-8-17(11-15(14)2)28-20-12-16(9-10-23-20)13-24-22(27)21-18-5-3-4-6-19(18)25-26-21/h3-12H,13H2,1-2H3,(H,24,27)(H,25,26). The first-order valence-electron chi connectivity index (χ1n) is 9.01. The fraction of sp³-hybridized carbons (Fsp3) is 0.136. The van der Waals surface area contributed by atoms with Crippen molar-refractivity contribution in [3.63, 3.8) is 0 Å². The number of nitrogens with one attached hydrogen (secondary N) is 2. The number of ether oxygens (including phenoxy) is 1. The number of amides is 1. The van der Waals surface area contributed by atoms with Crippen LogP contribution in [0.2, 0.25) is 0 Å². The normalized spacial score (nSPS) is 10.8. The summed E-state index contributed by atoms with van der Waals surface area (Å²) in [5.74, 6) is 0.992. The van der Waals surface area contributed by atoms with Gasteiger partial charge < -0.3 is 10.1 Å². The third-order valence-electron chi connectivity index (χ3n) is 4.64. The molecule has 1 amide bonds. The van der Waals surface area contributed by atoms with E-state index in [0.29, 0.717) is 18.1 Å². The zero-order valence-electron chi connectivity index (χ0n) is 15.7. The van der Waals surface area contributed by atoms with Gasteiger partial charge in [0.05, 0.1) is 5.52 Å². The topological polar surface area (TPSA) is 79.9 Å². The molecule has 0 saturated carbocycles. The number of aromatic amines is 1. The van der Waals surface area contributed by atoms with Crippen LogP contribution in [0.1, 0.15) is 27.2 Å². The van der Waals surface area contributed by atoms with Crippen LogP contribution in [-0.4, -0.2) is 21.1 Å². The van der Waals surface area contributed by atoms with Crippen LogP contribution < -0.4 is 10.1 Å². The number of hydrogen-bond acceptors (Lipinski definition) is 4. The molecule has 6 heteroatoms. The monoisotopic (exact) mass is 372 g/mol. The summed E-state index contributed by atoms with van der Waals surface area (Å²) in [6.07, 6.45) is 1.67. The first-order chi connectivity index (χ1) is 13.6. The van der Waals surface area contributed by atoms with Gasteiger partial charge in [-0.2, -0.15) is 5.10 Å². The average molecular weight is 372 g/mol. The molecule has 0 bridgehead atoms. The molecule has 0 atom stereocenters. The van der Waals surface area contributed by atoms with Gasteiger partial charge in [-0.15, -0.1) is 0 Å². The highest BCUT2D eigenvalue weighted by Crippen LogP contribution is 2.23. The van der Waals surface area contributed by atoms with Gasteiger partial charge in [-0.3, -0.25) is 9.89 Å². The van der Waals surface area contributed by atoms with Gasteiger partial charge >= 0.3 is 0 Å². The number of para-hydroxylation sites is 1. The molecule has 0 aliphatic carbocycles. The summed E-state index contributed by atoms with van der Waals surface area (Å²) in [5.41, 5.74) is 4.48. The Labute approximate surface area is 162 Å². The highest BCUT2D eigenvalue weighted by molar-refractivity contribution is 6.04. The number of nitrogens with zero attached hydrogens (tertiary/aromatic N) is 2. The Morgan fingerprint density at radius 2 is 1.93 bits per heavy atom. The van der Waals surface area contributed by atoms with E-state index in [0.717, 1.165) is 27.8 Å². The van der Waals surface area contributed by atoms with Crippen molar-refractivity contribution >= 4 is 16.8 Å². The molecule has 0 aliphatic rings. The van der Waals surface area contributed by atoms with Crippen LogP contribution in [-0.2, 0) is 6.54 Å². The lowest BCUT2D eigenvalue weighted by Crippen LogP contribution is -2.23. The van der Waals surface area contributed by atoms with Gasteiger partial charge in [-0.25, -0.2) is 4.98 Å². The van der Waals surface area contributed by atoms with E-state index in [2.05, 4.69) is 27.4 Å².